The topological polar surface area (TPSA) is 30.5 Å². The molecule has 1 aromatic rings. The molecule has 2 aliphatic rings. The Balaban J connectivity index is 1.66. The SMILES string of the molecule is CC1CCC(COc2c(Cl)cc(Cl)cc2CNC2CC2)O1. The average Bonchev–Trinajstić information content (AvgIpc) is 3.17. The van der Waals surface area contributed by atoms with Gasteiger partial charge in [0, 0.05) is 23.2 Å². The third kappa shape index (κ3) is 4.26. The Morgan fingerprint density at radius 3 is 2.71 bits per heavy atom. The van der Waals surface area contributed by atoms with E-state index < -0.39 is 0 Å². The highest BCUT2D eigenvalue weighted by molar-refractivity contribution is 6.35. The minimum Gasteiger partial charge on any atom is -0.489 e. The van der Waals surface area contributed by atoms with Crippen LogP contribution in [0.2, 0.25) is 10.0 Å². The highest BCUT2D eigenvalue weighted by Crippen LogP contribution is 2.34. The number of rotatable bonds is 6. The van der Waals surface area contributed by atoms with Crippen molar-refractivity contribution in [3.63, 3.8) is 0 Å². The standard InChI is InChI=1S/C16H21Cl2NO2/c1-10-2-5-14(21-10)9-20-16-11(8-19-13-3-4-13)6-12(17)7-15(16)18/h6-7,10,13-14,19H,2-5,8-9H2,1H3. The fraction of sp³-hybridized carbons (Fsp3) is 0.625. The van der Waals surface area contributed by atoms with Crippen molar-refractivity contribution in [2.24, 2.45) is 0 Å². The van der Waals surface area contributed by atoms with Crippen LogP contribution in [0.4, 0.5) is 0 Å². The second-order valence-corrected chi connectivity index (χ2v) is 6.83. The van der Waals surface area contributed by atoms with Crippen LogP contribution in [0.15, 0.2) is 12.1 Å². The molecule has 1 aromatic carbocycles. The Morgan fingerprint density at radius 1 is 1.24 bits per heavy atom. The van der Waals surface area contributed by atoms with Crippen LogP contribution in [0.1, 0.15) is 38.2 Å². The van der Waals surface area contributed by atoms with Crippen LogP contribution in [0.5, 0.6) is 5.75 Å². The molecule has 0 aromatic heterocycles. The molecule has 2 fully saturated rings. The molecule has 3 nitrogen and oxygen atoms in total. The van der Waals surface area contributed by atoms with Crippen molar-refractivity contribution in [2.75, 3.05) is 6.61 Å². The van der Waals surface area contributed by atoms with Gasteiger partial charge in [-0.3, -0.25) is 0 Å². The van der Waals surface area contributed by atoms with Gasteiger partial charge in [0.1, 0.15) is 12.4 Å². The maximum atomic E-state index is 6.30. The third-order valence-corrected chi connectivity index (χ3v) is 4.48. The summed E-state index contributed by atoms with van der Waals surface area (Å²) in [7, 11) is 0. The first-order valence-corrected chi connectivity index (χ1v) is 8.37. The summed E-state index contributed by atoms with van der Waals surface area (Å²) in [6, 6.07) is 4.29. The molecule has 0 amide bonds. The van der Waals surface area contributed by atoms with E-state index in [1.165, 1.54) is 12.8 Å². The second-order valence-electron chi connectivity index (χ2n) is 5.99. The summed E-state index contributed by atoms with van der Waals surface area (Å²) >= 11 is 12.4. The molecule has 1 saturated heterocycles. The Morgan fingerprint density at radius 2 is 2.05 bits per heavy atom. The predicted molar refractivity (Wildman–Crippen MR) is 85.4 cm³/mol. The normalized spacial score (nSPS) is 25.3. The Labute approximate surface area is 135 Å². The van der Waals surface area contributed by atoms with E-state index in [0.29, 0.717) is 28.8 Å². The first-order valence-electron chi connectivity index (χ1n) is 7.61. The number of benzene rings is 1. The van der Waals surface area contributed by atoms with Crippen LogP contribution >= 0.6 is 23.2 Å². The van der Waals surface area contributed by atoms with Crippen molar-refractivity contribution in [3.05, 3.63) is 27.7 Å². The van der Waals surface area contributed by atoms with Crippen molar-refractivity contribution in [2.45, 2.75) is 57.4 Å². The van der Waals surface area contributed by atoms with E-state index in [1.54, 1.807) is 6.07 Å². The summed E-state index contributed by atoms with van der Waals surface area (Å²) in [4.78, 5) is 0. The molecule has 1 heterocycles. The molecule has 2 unspecified atom stereocenters. The zero-order chi connectivity index (χ0) is 14.8. The number of hydrogen-bond donors (Lipinski definition) is 1. The third-order valence-electron chi connectivity index (χ3n) is 3.98. The van der Waals surface area contributed by atoms with Gasteiger partial charge < -0.3 is 14.8 Å². The molecule has 21 heavy (non-hydrogen) atoms. The second kappa shape index (κ2) is 6.74. The summed E-state index contributed by atoms with van der Waals surface area (Å²) < 4.78 is 11.7. The smallest absolute Gasteiger partial charge is 0.142 e. The molecule has 2 atom stereocenters. The van der Waals surface area contributed by atoms with E-state index in [2.05, 4.69) is 12.2 Å². The van der Waals surface area contributed by atoms with E-state index in [1.807, 2.05) is 6.07 Å². The monoisotopic (exact) mass is 329 g/mol. The molecule has 0 radical (unpaired) electrons. The van der Waals surface area contributed by atoms with Crippen LogP contribution in [-0.4, -0.2) is 24.9 Å². The Kier molecular flexibility index (Phi) is 4.95. The molecular formula is C16H21Cl2NO2. The van der Waals surface area contributed by atoms with Gasteiger partial charge in [0.15, 0.2) is 0 Å². The molecule has 1 N–H and O–H groups in total. The minimum atomic E-state index is 0.163. The maximum Gasteiger partial charge on any atom is 0.142 e. The van der Waals surface area contributed by atoms with Crippen molar-refractivity contribution < 1.29 is 9.47 Å². The quantitative estimate of drug-likeness (QED) is 0.848. The van der Waals surface area contributed by atoms with Gasteiger partial charge in [-0.15, -0.1) is 0 Å². The molecule has 0 bridgehead atoms. The van der Waals surface area contributed by atoms with Crippen LogP contribution in [0.3, 0.4) is 0 Å². The van der Waals surface area contributed by atoms with E-state index in [4.69, 9.17) is 32.7 Å². The van der Waals surface area contributed by atoms with Crippen LogP contribution in [0, 0.1) is 0 Å². The summed E-state index contributed by atoms with van der Waals surface area (Å²) in [6.45, 7) is 3.38. The van der Waals surface area contributed by atoms with Crippen LogP contribution in [0.25, 0.3) is 0 Å². The van der Waals surface area contributed by atoms with Gasteiger partial charge in [-0.05, 0) is 44.7 Å². The molecule has 0 spiro atoms. The van der Waals surface area contributed by atoms with Gasteiger partial charge in [0.25, 0.3) is 0 Å². The average molecular weight is 330 g/mol. The number of halogens is 2. The first kappa shape index (κ1) is 15.4. The van der Waals surface area contributed by atoms with Gasteiger partial charge in [-0.25, -0.2) is 0 Å². The lowest BCUT2D eigenvalue weighted by molar-refractivity contribution is 0.0262. The minimum absolute atomic E-state index is 0.163. The van der Waals surface area contributed by atoms with Crippen LogP contribution < -0.4 is 10.1 Å². The summed E-state index contributed by atoms with van der Waals surface area (Å²) in [6.07, 6.45) is 5.13. The van der Waals surface area contributed by atoms with E-state index in [-0.39, 0.29) is 6.10 Å². The van der Waals surface area contributed by atoms with Crippen molar-refractivity contribution in [1.29, 1.82) is 0 Å². The van der Waals surface area contributed by atoms with Gasteiger partial charge in [-0.1, -0.05) is 23.2 Å². The van der Waals surface area contributed by atoms with E-state index in [9.17, 15) is 0 Å². The Hall–Kier alpha value is -0.480. The first-order chi connectivity index (χ1) is 10.1. The summed E-state index contributed by atoms with van der Waals surface area (Å²) in [5, 5.41) is 4.69. The molecule has 1 aliphatic carbocycles. The van der Waals surface area contributed by atoms with Gasteiger partial charge in [0.2, 0.25) is 0 Å². The molecular weight excluding hydrogens is 309 g/mol. The zero-order valence-corrected chi connectivity index (χ0v) is 13.7. The van der Waals surface area contributed by atoms with Crippen LogP contribution in [-0.2, 0) is 11.3 Å². The lowest BCUT2D eigenvalue weighted by atomic mass is 10.2. The van der Waals surface area contributed by atoms with E-state index in [0.717, 1.165) is 30.7 Å². The van der Waals surface area contributed by atoms with Gasteiger partial charge in [0.05, 0.1) is 17.2 Å². The lowest BCUT2D eigenvalue weighted by Gasteiger charge is -2.17. The highest BCUT2D eigenvalue weighted by atomic mass is 35.5. The van der Waals surface area contributed by atoms with Crippen molar-refractivity contribution in [3.8, 4) is 5.75 Å². The lowest BCUT2D eigenvalue weighted by Crippen LogP contribution is -2.20. The summed E-state index contributed by atoms with van der Waals surface area (Å²) in [5.74, 6) is 0.734. The summed E-state index contributed by atoms with van der Waals surface area (Å²) in [5.41, 5.74) is 1.02. The van der Waals surface area contributed by atoms with Crippen molar-refractivity contribution in [1.82, 2.24) is 5.32 Å². The maximum absolute atomic E-state index is 6.30. The molecule has 1 aliphatic heterocycles. The molecule has 116 valence electrons. The number of hydrogen-bond acceptors (Lipinski definition) is 3. The van der Waals surface area contributed by atoms with E-state index >= 15 is 0 Å². The fourth-order valence-corrected chi connectivity index (χ4v) is 3.22. The zero-order valence-electron chi connectivity index (χ0n) is 12.2. The Bertz CT molecular complexity index is 505. The predicted octanol–water partition coefficient (Wildman–Crippen LogP) is 4.19. The van der Waals surface area contributed by atoms with Gasteiger partial charge >= 0.3 is 0 Å². The van der Waals surface area contributed by atoms with Crippen molar-refractivity contribution >= 4 is 23.2 Å². The van der Waals surface area contributed by atoms with Gasteiger partial charge in [-0.2, -0.15) is 0 Å². The highest BCUT2D eigenvalue weighted by Gasteiger charge is 2.24. The molecule has 3 rings (SSSR count). The molecule has 5 heteroatoms. The largest absolute Gasteiger partial charge is 0.489 e. The number of nitrogens with one attached hydrogen (secondary N) is 1. The fourth-order valence-electron chi connectivity index (χ4n) is 2.63. The number of ether oxygens (including phenoxy) is 2. The molecule has 1 saturated carbocycles.